The number of rotatable bonds is 4. The van der Waals surface area contributed by atoms with Gasteiger partial charge in [-0.2, -0.15) is 0 Å². The van der Waals surface area contributed by atoms with Crippen LogP contribution in [-0.2, 0) is 11.3 Å². The first-order valence-electron chi connectivity index (χ1n) is 7.62. The van der Waals surface area contributed by atoms with Crippen molar-refractivity contribution in [3.63, 3.8) is 0 Å². The largest absolute Gasteiger partial charge is 0.454 e. The molecule has 0 bridgehead atoms. The SMILES string of the molecule is O=[N+]([O-])C(O)=C1C=CN=C(c2ccc(CN3CCOCC3)cc2)N1. The van der Waals surface area contributed by atoms with E-state index in [0.717, 1.165) is 38.4 Å². The van der Waals surface area contributed by atoms with Crippen molar-refractivity contribution < 1.29 is 14.8 Å². The first kappa shape index (κ1) is 16.2. The number of benzene rings is 1. The smallest absolute Gasteiger partial charge is 0.449 e. The highest BCUT2D eigenvalue weighted by Crippen LogP contribution is 2.13. The van der Waals surface area contributed by atoms with Crippen LogP contribution >= 0.6 is 0 Å². The molecule has 1 saturated heterocycles. The lowest BCUT2D eigenvalue weighted by atomic mass is 10.1. The van der Waals surface area contributed by atoms with Crippen LogP contribution in [0.1, 0.15) is 11.1 Å². The summed E-state index contributed by atoms with van der Waals surface area (Å²) < 4.78 is 5.34. The summed E-state index contributed by atoms with van der Waals surface area (Å²) in [6.07, 6.45) is 2.77. The number of aliphatic imine (C=N–C) groups is 1. The Hall–Kier alpha value is -2.71. The van der Waals surface area contributed by atoms with Crippen LogP contribution in [0.3, 0.4) is 0 Å². The van der Waals surface area contributed by atoms with Crippen molar-refractivity contribution in [2.45, 2.75) is 6.54 Å². The highest BCUT2D eigenvalue weighted by molar-refractivity contribution is 6.01. The van der Waals surface area contributed by atoms with Gasteiger partial charge in [-0.05, 0) is 11.6 Å². The Balaban J connectivity index is 1.69. The van der Waals surface area contributed by atoms with Crippen molar-refractivity contribution in [3.05, 3.63) is 69.4 Å². The summed E-state index contributed by atoms with van der Waals surface area (Å²) in [7, 11) is 0. The van der Waals surface area contributed by atoms with Crippen LogP contribution in [0.4, 0.5) is 0 Å². The van der Waals surface area contributed by atoms with E-state index in [-0.39, 0.29) is 5.70 Å². The van der Waals surface area contributed by atoms with Gasteiger partial charge < -0.3 is 15.2 Å². The highest BCUT2D eigenvalue weighted by Gasteiger charge is 2.19. The normalized spacial score (nSPS) is 20.2. The quantitative estimate of drug-likeness (QED) is 0.491. The lowest BCUT2D eigenvalue weighted by Crippen LogP contribution is -2.35. The molecule has 0 saturated carbocycles. The summed E-state index contributed by atoms with van der Waals surface area (Å²) in [5, 5.41) is 22.9. The van der Waals surface area contributed by atoms with Gasteiger partial charge in [-0.25, -0.2) is 4.99 Å². The lowest BCUT2D eigenvalue weighted by Gasteiger charge is -2.26. The van der Waals surface area contributed by atoms with Crippen molar-refractivity contribution in [2.75, 3.05) is 26.3 Å². The molecular weight excluding hydrogens is 312 g/mol. The number of hydrogen-bond acceptors (Lipinski definition) is 7. The fraction of sp³-hybridized carbons (Fsp3) is 0.312. The molecule has 1 aromatic carbocycles. The molecule has 0 aromatic heterocycles. The van der Waals surface area contributed by atoms with E-state index in [1.165, 1.54) is 17.8 Å². The van der Waals surface area contributed by atoms with Gasteiger partial charge in [0.25, 0.3) is 0 Å². The number of allylic oxidation sites excluding steroid dienone is 1. The fourth-order valence-corrected chi connectivity index (χ4v) is 2.55. The summed E-state index contributed by atoms with van der Waals surface area (Å²) >= 11 is 0. The molecule has 126 valence electrons. The van der Waals surface area contributed by atoms with Crippen LogP contribution in [0.2, 0.25) is 0 Å². The van der Waals surface area contributed by atoms with Gasteiger partial charge in [0.05, 0.1) is 13.2 Å². The number of aliphatic hydroxyl groups is 1. The van der Waals surface area contributed by atoms with Gasteiger partial charge in [-0.3, -0.25) is 15.0 Å². The van der Waals surface area contributed by atoms with Gasteiger partial charge >= 0.3 is 5.88 Å². The lowest BCUT2D eigenvalue weighted by molar-refractivity contribution is -0.460. The number of nitrogens with one attached hydrogen (secondary N) is 1. The van der Waals surface area contributed by atoms with Gasteiger partial charge in [0.1, 0.15) is 10.8 Å². The maximum absolute atomic E-state index is 10.6. The molecular formula is C16H18N4O4. The van der Waals surface area contributed by atoms with E-state index in [4.69, 9.17) is 4.74 Å². The molecule has 24 heavy (non-hydrogen) atoms. The molecule has 2 aliphatic heterocycles. The second-order valence-corrected chi connectivity index (χ2v) is 5.50. The van der Waals surface area contributed by atoms with E-state index in [2.05, 4.69) is 15.2 Å². The number of aliphatic hydroxyl groups excluding tert-OH is 1. The molecule has 2 aliphatic rings. The maximum atomic E-state index is 10.6. The molecule has 3 rings (SSSR count). The average molecular weight is 330 g/mol. The molecule has 0 amide bonds. The number of ether oxygens (including phenoxy) is 1. The first-order chi connectivity index (χ1) is 11.6. The molecule has 8 nitrogen and oxygen atoms in total. The predicted molar refractivity (Wildman–Crippen MR) is 88.0 cm³/mol. The van der Waals surface area contributed by atoms with E-state index in [0.29, 0.717) is 5.84 Å². The minimum Gasteiger partial charge on any atom is -0.454 e. The van der Waals surface area contributed by atoms with Gasteiger partial charge in [0.2, 0.25) is 0 Å². The van der Waals surface area contributed by atoms with Crippen molar-refractivity contribution in [2.24, 2.45) is 4.99 Å². The third kappa shape index (κ3) is 3.79. The maximum Gasteiger partial charge on any atom is 0.449 e. The summed E-state index contributed by atoms with van der Waals surface area (Å²) in [6, 6.07) is 7.82. The zero-order valence-corrected chi connectivity index (χ0v) is 13.0. The topological polar surface area (TPSA) is 100 Å². The summed E-state index contributed by atoms with van der Waals surface area (Å²) in [5.74, 6) is -0.471. The third-order valence-corrected chi connectivity index (χ3v) is 3.85. The zero-order chi connectivity index (χ0) is 16.9. The Labute approximate surface area is 138 Å². The summed E-state index contributed by atoms with van der Waals surface area (Å²) in [4.78, 5) is 16.3. The zero-order valence-electron chi connectivity index (χ0n) is 13.0. The average Bonchev–Trinajstić information content (AvgIpc) is 2.62. The molecule has 0 aliphatic carbocycles. The Morgan fingerprint density at radius 2 is 2.04 bits per heavy atom. The Morgan fingerprint density at radius 3 is 2.71 bits per heavy atom. The van der Waals surface area contributed by atoms with Gasteiger partial charge in [0, 0.05) is 31.4 Å². The van der Waals surface area contributed by atoms with Crippen molar-refractivity contribution in [3.8, 4) is 0 Å². The van der Waals surface area contributed by atoms with Crippen LogP contribution in [0.5, 0.6) is 0 Å². The molecule has 1 aromatic rings. The van der Waals surface area contributed by atoms with E-state index in [1.54, 1.807) is 0 Å². The van der Waals surface area contributed by atoms with Gasteiger partial charge in [-0.1, -0.05) is 24.3 Å². The number of amidine groups is 1. The van der Waals surface area contributed by atoms with Crippen LogP contribution in [-0.4, -0.2) is 47.1 Å². The summed E-state index contributed by atoms with van der Waals surface area (Å²) in [5.41, 5.74) is 1.98. The van der Waals surface area contributed by atoms with E-state index < -0.39 is 10.8 Å². The number of nitrogens with zero attached hydrogens (tertiary/aromatic N) is 3. The van der Waals surface area contributed by atoms with E-state index in [1.807, 2.05) is 24.3 Å². The van der Waals surface area contributed by atoms with Crippen molar-refractivity contribution in [1.82, 2.24) is 10.2 Å². The van der Waals surface area contributed by atoms with Crippen molar-refractivity contribution in [1.29, 1.82) is 0 Å². The first-order valence-corrected chi connectivity index (χ1v) is 7.62. The number of morpholine rings is 1. The Bertz CT molecular complexity index is 703. The second kappa shape index (κ2) is 7.24. The molecule has 0 spiro atoms. The van der Waals surface area contributed by atoms with Crippen LogP contribution < -0.4 is 5.32 Å². The van der Waals surface area contributed by atoms with Crippen LogP contribution in [0.25, 0.3) is 0 Å². The van der Waals surface area contributed by atoms with Crippen LogP contribution in [0, 0.1) is 10.1 Å². The Kier molecular flexibility index (Phi) is 4.88. The minimum atomic E-state index is -0.928. The van der Waals surface area contributed by atoms with Crippen molar-refractivity contribution >= 4 is 5.84 Å². The van der Waals surface area contributed by atoms with Gasteiger partial charge in [0.15, 0.2) is 5.70 Å². The molecule has 0 radical (unpaired) electrons. The minimum absolute atomic E-state index is 0.0161. The molecule has 2 heterocycles. The Morgan fingerprint density at radius 1 is 1.33 bits per heavy atom. The predicted octanol–water partition coefficient (Wildman–Crippen LogP) is 1.39. The van der Waals surface area contributed by atoms with Crippen LogP contribution in [0.15, 0.2) is 53.1 Å². The third-order valence-electron chi connectivity index (χ3n) is 3.85. The molecule has 1 fully saturated rings. The molecule has 8 heteroatoms. The fourth-order valence-electron chi connectivity index (χ4n) is 2.55. The standard InChI is InChI=1S/C16H18N4O4/c21-16(20(22)23)14-5-6-17-15(18-14)13-3-1-12(2-4-13)11-19-7-9-24-10-8-19/h1-6,21H,7-11H2,(H,17,18). The van der Waals surface area contributed by atoms with Gasteiger partial charge in [-0.15, -0.1) is 0 Å². The van der Waals surface area contributed by atoms with E-state index in [9.17, 15) is 15.2 Å². The highest BCUT2D eigenvalue weighted by atomic mass is 16.7. The molecule has 2 N–H and O–H groups in total. The summed E-state index contributed by atoms with van der Waals surface area (Å²) in [6.45, 7) is 4.24. The molecule has 0 unspecified atom stereocenters. The monoisotopic (exact) mass is 330 g/mol. The number of hydrogen-bond donors (Lipinski definition) is 2. The number of nitro groups is 1. The molecule has 0 atom stereocenters. The second-order valence-electron chi connectivity index (χ2n) is 5.50. The van der Waals surface area contributed by atoms with E-state index >= 15 is 0 Å².